The van der Waals surface area contributed by atoms with Crippen molar-refractivity contribution >= 4 is 40.2 Å². The van der Waals surface area contributed by atoms with Gasteiger partial charge in [-0.2, -0.15) is 0 Å². The van der Waals surface area contributed by atoms with Crippen molar-refractivity contribution in [3.05, 3.63) is 67.8 Å². The number of carbonyl (C=O) groups excluding carboxylic acids is 1. The van der Waals surface area contributed by atoms with E-state index in [1.54, 1.807) is 29.6 Å². The van der Waals surface area contributed by atoms with E-state index in [0.29, 0.717) is 24.5 Å². The van der Waals surface area contributed by atoms with Crippen LogP contribution in [0.15, 0.2) is 47.3 Å². The van der Waals surface area contributed by atoms with Crippen LogP contribution in [0.1, 0.15) is 20.9 Å². The molecular formula is C17H15ClN2O2S2. The summed E-state index contributed by atoms with van der Waals surface area (Å²) in [6, 6.07) is 11.0. The molecule has 0 fully saturated rings. The summed E-state index contributed by atoms with van der Waals surface area (Å²) in [6.45, 7) is 0.856. The van der Waals surface area contributed by atoms with E-state index in [2.05, 4.69) is 4.98 Å². The second-order valence-electron chi connectivity index (χ2n) is 5.13. The first-order chi connectivity index (χ1) is 11.6. The highest BCUT2D eigenvalue weighted by Gasteiger charge is 2.17. The molecule has 0 aliphatic carbocycles. The molecule has 2 heterocycles. The molecule has 0 aliphatic heterocycles. The number of amides is 1. The molecule has 3 rings (SSSR count). The van der Waals surface area contributed by atoms with Crippen LogP contribution in [0.2, 0.25) is 4.34 Å². The average molecular weight is 379 g/mol. The third-order valence-electron chi connectivity index (χ3n) is 3.35. The zero-order valence-electron chi connectivity index (χ0n) is 12.9. The Morgan fingerprint density at radius 2 is 2.12 bits per heavy atom. The number of thiophene rings is 1. The minimum absolute atomic E-state index is 0.0894. The second kappa shape index (κ2) is 7.79. The lowest BCUT2D eigenvalue weighted by molar-refractivity contribution is 0.0781. The van der Waals surface area contributed by atoms with Crippen LogP contribution in [0.3, 0.4) is 0 Å². The predicted octanol–water partition coefficient (Wildman–Crippen LogP) is 4.71. The van der Waals surface area contributed by atoms with Gasteiger partial charge in [-0.25, -0.2) is 4.98 Å². The molecule has 0 saturated heterocycles. The summed E-state index contributed by atoms with van der Waals surface area (Å²) >= 11 is 8.94. The first kappa shape index (κ1) is 17.0. The van der Waals surface area contributed by atoms with Crippen LogP contribution in [0.5, 0.6) is 5.75 Å². The largest absolute Gasteiger partial charge is 0.486 e. The van der Waals surface area contributed by atoms with Crippen molar-refractivity contribution in [2.45, 2.75) is 13.2 Å². The minimum atomic E-state index is -0.0894. The van der Waals surface area contributed by atoms with E-state index in [-0.39, 0.29) is 5.91 Å². The van der Waals surface area contributed by atoms with Crippen molar-refractivity contribution in [2.24, 2.45) is 0 Å². The number of halogens is 1. The van der Waals surface area contributed by atoms with Gasteiger partial charge in [0.15, 0.2) is 0 Å². The second-order valence-corrected chi connectivity index (χ2v) is 7.65. The zero-order chi connectivity index (χ0) is 16.9. The highest BCUT2D eigenvalue weighted by molar-refractivity contribution is 7.16. The Morgan fingerprint density at radius 3 is 2.83 bits per heavy atom. The number of nitrogens with zero attached hydrogens (tertiary/aromatic N) is 2. The number of hydrogen-bond donors (Lipinski definition) is 0. The molecule has 0 saturated carbocycles. The van der Waals surface area contributed by atoms with Crippen LogP contribution in [0.25, 0.3) is 0 Å². The van der Waals surface area contributed by atoms with Gasteiger partial charge in [0.25, 0.3) is 5.91 Å². The molecule has 124 valence electrons. The van der Waals surface area contributed by atoms with Gasteiger partial charge in [0.1, 0.15) is 12.4 Å². The SMILES string of the molecule is CN(Cc1ccc(Cl)s1)C(=O)c1ccccc1OCc1cscn1. The van der Waals surface area contributed by atoms with Crippen molar-refractivity contribution in [2.75, 3.05) is 7.05 Å². The summed E-state index contributed by atoms with van der Waals surface area (Å²) in [5.41, 5.74) is 3.15. The van der Waals surface area contributed by atoms with Crippen molar-refractivity contribution in [1.29, 1.82) is 0 Å². The summed E-state index contributed by atoms with van der Waals surface area (Å²) in [4.78, 5) is 19.6. The summed E-state index contributed by atoms with van der Waals surface area (Å²) in [7, 11) is 1.77. The van der Waals surface area contributed by atoms with Crippen LogP contribution in [0, 0.1) is 0 Å². The smallest absolute Gasteiger partial charge is 0.257 e. The van der Waals surface area contributed by atoms with Crippen molar-refractivity contribution in [1.82, 2.24) is 9.88 Å². The Kier molecular flexibility index (Phi) is 5.50. The van der Waals surface area contributed by atoms with E-state index < -0.39 is 0 Å². The number of para-hydroxylation sites is 1. The van der Waals surface area contributed by atoms with Crippen molar-refractivity contribution in [3.8, 4) is 5.75 Å². The van der Waals surface area contributed by atoms with Crippen molar-refractivity contribution in [3.63, 3.8) is 0 Å². The van der Waals surface area contributed by atoms with Gasteiger partial charge in [0, 0.05) is 17.3 Å². The highest BCUT2D eigenvalue weighted by Crippen LogP contribution is 2.25. The number of thiazole rings is 1. The number of aromatic nitrogens is 1. The van der Waals surface area contributed by atoms with Crippen LogP contribution in [-0.4, -0.2) is 22.8 Å². The molecule has 1 aromatic carbocycles. The number of benzene rings is 1. The van der Waals surface area contributed by atoms with Crippen LogP contribution >= 0.6 is 34.3 Å². The normalized spacial score (nSPS) is 10.6. The molecule has 0 radical (unpaired) electrons. The Bertz CT molecular complexity index is 818. The fraction of sp³-hybridized carbons (Fsp3) is 0.176. The summed E-state index contributed by atoms with van der Waals surface area (Å²) in [5.74, 6) is 0.472. The highest BCUT2D eigenvalue weighted by atomic mass is 35.5. The molecule has 0 aliphatic rings. The van der Waals surface area contributed by atoms with Gasteiger partial charge in [-0.3, -0.25) is 4.79 Å². The van der Waals surface area contributed by atoms with Gasteiger partial charge in [0.05, 0.1) is 27.6 Å². The zero-order valence-corrected chi connectivity index (χ0v) is 15.3. The molecule has 3 aromatic rings. The predicted molar refractivity (Wildman–Crippen MR) is 98.0 cm³/mol. The summed E-state index contributed by atoms with van der Waals surface area (Å²) in [5, 5.41) is 1.93. The lowest BCUT2D eigenvalue weighted by atomic mass is 10.1. The number of ether oxygens (including phenoxy) is 1. The topological polar surface area (TPSA) is 42.4 Å². The molecule has 7 heteroatoms. The number of rotatable bonds is 6. The number of hydrogen-bond acceptors (Lipinski definition) is 5. The fourth-order valence-corrected chi connectivity index (χ4v) is 3.86. The quantitative estimate of drug-likeness (QED) is 0.623. The first-order valence-corrected chi connectivity index (χ1v) is 9.36. The van der Waals surface area contributed by atoms with Crippen LogP contribution in [-0.2, 0) is 13.2 Å². The fourth-order valence-electron chi connectivity index (χ4n) is 2.18. The molecule has 0 spiro atoms. The van der Waals surface area contributed by atoms with E-state index >= 15 is 0 Å². The maximum atomic E-state index is 12.7. The molecule has 0 N–H and O–H groups in total. The van der Waals surface area contributed by atoms with Crippen molar-refractivity contribution < 1.29 is 9.53 Å². The maximum absolute atomic E-state index is 12.7. The Labute approximate surface area is 153 Å². The summed E-state index contributed by atoms with van der Waals surface area (Å²) in [6.07, 6.45) is 0. The number of carbonyl (C=O) groups is 1. The lowest BCUT2D eigenvalue weighted by Gasteiger charge is -2.18. The van der Waals surface area contributed by atoms with Gasteiger partial charge in [0.2, 0.25) is 0 Å². The first-order valence-electron chi connectivity index (χ1n) is 7.22. The van der Waals surface area contributed by atoms with Gasteiger partial charge in [-0.1, -0.05) is 23.7 Å². The molecule has 0 atom stereocenters. The van der Waals surface area contributed by atoms with E-state index in [4.69, 9.17) is 16.3 Å². The Balaban J connectivity index is 1.71. The molecule has 24 heavy (non-hydrogen) atoms. The summed E-state index contributed by atoms with van der Waals surface area (Å²) < 4.78 is 6.51. The Morgan fingerprint density at radius 1 is 1.29 bits per heavy atom. The monoisotopic (exact) mass is 378 g/mol. The molecule has 2 aromatic heterocycles. The average Bonchev–Trinajstić information content (AvgIpc) is 3.24. The molecule has 0 unspecified atom stereocenters. The van der Waals surface area contributed by atoms with Gasteiger partial charge in [-0.05, 0) is 24.3 Å². The standard InChI is InChI=1S/C17H15ClN2O2S2/c1-20(8-13-6-7-16(18)24-13)17(21)14-4-2-3-5-15(14)22-9-12-10-23-11-19-12/h2-7,10-11H,8-9H2,1H3. The van der Waals surface area contributed by atoms with Gasteiger partial charge < -0.3 is 9.64 Å². The van der Waals surface area contributed by atoms with Crippen LogP contribution < -0.4 is 4.74 Å². The lowest BCUT2D eigenvalue weighted by Crippen LogP contribution is -2.26. The van der Waals surface area contributed by atoms with E-state index in [1.807, 2.05) is 29.6 Å². The third kappa shape index (κ3) is 4.14. The van der Waals surface area contributed by atoms with Gasteiger partial charge >= 0.3 is 0 Å². The molecule has 1 amide bonds. The Hall–Kier alpha value is -1.89. The molecular weight excluding hydrogens is 364 g/mol. The van der Waals surface area contributed by atoms with E-state index in [1.165, 1.54) is 22.7 Å². The van der Waals surface area contributed by atoms with Gasteiger partial charge in [-0.15, -0.1) is 22.7 Å². The van der Waals surface area contributed by atoms with Crippen LogP contribution in [0.4, 0.5) is 0 Å². The molecule has 4 nitrogen and oxygen atoms in total. The maximum Gasteiger partial charge on any atom is 0.257 e. The minimum Gasteiger partial charge on any atom is -0.486 e. The van der Waals surface area contributed by atoms with E-state index in [9.17, 15) is 4.79 Å². The van der Waals surface area contributed by atoms with E-state index in [0.717, 1.165) is 14.9 Å². The molecule has 0 bridgehead atoms. The third-order valence-corrected chi connectivity index (χ3v) is 5.20.